The van der Waals surface area contributed by atoms with Crippen molar-refractivity contribution in [2.24, 2.45) is 4.99 Å². The van der Waals surface area contributed by atoms with Crippen molar-refractivity contribution in [1.29, 1.82) is 0 Å². The van der Waals surface area contributed by atoms with E-state index in [4.69, 9.17) is 0 Å². The molecule has 7 heteroatoms. The summed E-state index contributed by atoms with van der Waals surface area (Å²) >= 11 is 0. The minimum absolute atomic E-state index is 0.0466. The highest BCUT2D eigenvalue weighted by Gasteiger charge is 2.02. The molecule has 0 atom stereocenters. The third-order valence-corrected chi connectivity index (χ3v) is 3.87. The van der Waals surface area contributed by atoms with Gasteiger partial charge in [-0.3, -0.25) is 9.48 Å². The fraction of sp³-hybridized carbons (Fsp3) is 0.450. The number of anilines is 1. The second kappa shape index (κ2) is 11.7. The van der Waals surface area contributed by atoms with Crippen LogP contribution in [0.25, 0.3) is 0 Å². The first-order valence-corrected chi connectivity index (χ1v) is 9.59. The van der Waals surface area contributed by atoms with Crippen LogP contribution in [0.15, 0.2) is 47.7 Å². The lowest BCUT2D eigenvalue weighted by Crippen LogP contribution is -2.38. The van der Waals surface area contributed by atoms with E-state index >= 15 is 0 Å². The zero-order valence-electron chi connectivity index (χ0n) is 16.2. The number of rotatable bonds is 10. The number of hydrogen-bond acceptors (Lipinski definition) is 3. The van der Waals surface area contributed by atoms with Crippen LogP contribution in [-0.4, -0.2) is 34.7 Å². The molecule has 2 rings (SSSR count). The number of aliphatic imine (C=N–C) groups is 1. The van der Waals surface area contributed by atoms with E-state index in [1.807, 2.05) is 55.1 Å². The third kappa shape index (κ3) is 7.94. The molecule has 3 N–H and O–H groups in total. The third-order valence-electron chi connectivity index (χ3n) is 3.87. The van der Waals surface area contributed by atoms with Gasteiger partial charge in [-0.25, -0.2) is 4.99 Å². The Hall–Kier alpha value is -2.83. The van der Waals surface area contributed by atoms with E-state index in [1.165, 1.54) is 0 Å². The maximum atomic E-state index is 11.7. The van der Waals surface area contributed by atoms with Gasteiger partial charge < -0.3 is 16.0 Å². The fourth-order valence-corrected chi connectivity index (χ4v) is 2.59. The van der Waals surface area contributed by atoms with Crippen molar-refractivity contribution < 1.29 is 4.79 Å². The molecule has 0 radical (unpaired) electrons. The summed E-state index contributed by atoms with van der Waals surface area (Å²) in [6.07, 6.45) is 6.09. The van der Waals surface area contributed by atoms with E-state index in [1.54, 1.807) is 6.20 Å². The molecule has 0 unspecified atom stereocenters. The number of aryl methyl sites for hydroxylation is 1. The second-order valence-corrected chi connectivity index (χ2v) is 6.24. The second-order valence-electron chi connectivity index (χ2n) is 6.24. The first-order valence-electron chi connectivity index (χ1n) is 9.59. The Bertz CT molecular complexity index is 711. The number of aromatic nitrogens is 2. The summed E-state index contributed by atoms with van der Waals surface area (Å²) in [6, 6.07) is 9.76. The van der Waals surface area contributed by atoms with Crippen LogP contribution in [0, 0.1) is 0 Å². The van der Waals surface area contributed by atoms with Crippen molar-refractivity contribution in [2.45, 2.75) is 46.2 Å². The molecule has 0 saturated heterocycles. The average Bonchev–Trinajstić information content (AvgIpc) is 3.17. The molecule has 0 spiro atoms. The summed E-state index contributed by atoms with van der Waals surface area (Å²) in [6.45, 7) is 7.08. The molecule has 0 bridgehead atoms. The van der Waals surface area contributed by atoms with Crippen molar-refractivity contribution in [3.05, 3.63) is 48.3 Å². The highest BCUT2D eigenvalue weighted by Crippen LogP contribution is 2.12. The number of amides is 1. The molecule has 2 aromatic rings. The van der Waals surface area contributed by atoms with Gasteiger partial charge in [-0.05, 0) is 43.5 Å². The minimum Gasteiger partial charge on any atom is -0.357 e. The Morgan fingerprint density at radius 2 is 2.11 bits per heavy atom. The van der Waals surface area contributed by atoms with E-state index in [0.29, 0.717) is 13.0 Å². The molecular formula is C20H30N6O. The highest BCUT2D eigenvalue weighted by atomic mass is 16.1. The summed E-state index contributed by atoms with van der Waals surface area (Å²) in [7, 11) is 0. The molecular weight excluding hydrogens is 340 g/mol. The SMILES string of the molecule is CCCC(=O)Nc1cccc(CN=C(NCC)NCCCn2cccn2)c1. The first-order chi connectivity index (χ1) is 13.2. The van der Waals surface area contributed by atoms with Crippen molar-refractivity contribution in [3.63, 3.8) is 0 Å². The van der Waals surface area contributed by atoms with Crippen molar-refractivity contribution >= 4 is 17.6 Å². The van der Waals surface area contributed by atoms with Gasteiger partial charge >= 0.3 is 0 Å². The molecule has 1 heterocycles. The molecule has 1 aromatic heterocycles. The largest absolute Gasteiger partial charge is 0.357 e. The average molecular weight is 371 g/mol. The van der Waals surface area contributed by atoms with Crippen LogP contribution in [0.3, 0.4) is 0 Å². The number of nitrogens with zero attached hydrogens (tertiary/aromatic N) is 3. The monoisotopic (exact) mass is 370 g/mol. The number of carbonyl (C=O) groups excluding carboxylic acids is 1. The minimum atomic E-state index is 0.0466. The maximum absolute atomic E-state index is 11.7. The van der Waals surface area contributed by atoms with Gasteiger partial charge in [0.1, 0.15) is 0 Å². The predicted molar refractivity (Wildman–Crippen MR) is 110 cm³/mol. The molecule has 0 fully saturated rings. The Kier molecular flexibility index (Phi) is 8.89. The van der Waals surface area contributed by atoms with Crippen molar-refractivity contribution in [1.82, 2.24) is 20.4 Å². The van der Waals surface area contributed by atoms with Crippen LogP contribution in [-0.2, 0) is 17.9 Å². The van der Waals surface area contributed by atoms with Crippen LogP contribution in [0.4, 0.5) is 5.69 Å². The van der Waals surface area contributed by atoms with Crippen LogP contribution >= 0.6 is 0 Å². The normalized spacial score (nSPS) is 11.3. The van der Waals surface area contributed by atoms with Gasteiger partial charge in [-0.1, -0.05) is 19.1 Å². The number of carbonyl (C=O) groups is 1. The highest BCUT2D eigenvalue weighted by molar-refractivity contribution is 5.90. The summed E-state index contributed by atoms with van der Waals surface area (Å²) in [5.74, 6) is 0.837. The molecule has 27 heavy (non-hydrogen) atoms. The molecule has 0 aliphatic rings. The van der Waals surface area contributed by atoms with Gasteiger partial charge in [-0.15, -0.1) is 0 Å². The predicted octanol–water partition coefficient (Wildman–Crippen LogP) is 2.77. The quantitative estimate of drug-likeness (QED) is 0.341. The molecule has 0 aliphatic carbocycles. The Balaban J connectivity index is 1.84. The summed E-state index contributed by atoms with van der Waals surface area (Å²) < 4.78 is 1.92. The first kappa shape index (κ1) is 20.5. The maximum Gasteiger partial charge on any atom is 0.224 e. The molecule has 1 aromatic carbocycles. The molecule has 0 saturated carbocycles. The van der Waals surface area contributed by atoms with E-state index in [0.717, 1.165) is 49.7 Å². The number of benzene rings is 1. The number of guanidine groups is 1. The van der Waals surface area contributed by atoms with Gasteiger partial charge in [0, 0.05) is 44.1 Å². The summed E-state index contributed by atoms with van der Waals surface area (Å²) in [5, 5.41) is 13.7. The van der Waals surface area contributed by atoms with Gasteiger partial charge in [0.2, 0.25) is 5.91 Å². The molecule has 1 amide bonds. The molecule has 0 aliphatic heterocycles. The lowest BCUT2D eigenvalue weighted by atomic mass is 10.2. The number of nitrogens with one attached hydrogen (secondary N) is 3. The van der Waals surface area contributed by atoms with E-state index < -0.39 is 0 Å². The zero-order chi connectivity index (χ0) is 19.3. The topological polar surface area (TPSA) is 83.3 Å². The standard InChI is InChI=1S/C20H30N6O/c1-3-8-19(27)25-18-10-5-9-17(15-18)16-23-20(21-4-2)22-11-6-13-26-14-7-12-24-26/h5,7,9-10,12,14-15H,3-4,6,8,11,13,16H2,1-2H3,(H,25,27)(H2,21,22,23). The van der Waals surface area contributed by atoms with Crippen LogP contribution in [0.1, 0.15) is 38.7 Å². The smallest absolute Gasteiger partial charge is 0.224 e. The molecule has 7 nitrogen and oxygen atoms in total. The van der Waals surface area contributed by atoms with Gasteiger partial charge in [0.05, 0.1) is 6.54 Å². The van der Waals surface area contributed by atoms with Crippen LogP contribution in [0.2, 0.25) is 0 Å². The Morgan fingerprint density at radius 3 is 2.85 bits per heavy atom. The van der Waals surface area contributed by atoms with Gasteiger partial charge in [-0.2, -0.15) is 5.10 Å². The number of hydrogen-bond donors (Lipinski definition) is 3. The van der Waals surface area contributed by atoms with E-state index in [9.17, 15) is 4.79 Å². The van der Waals surface area contributed by atoms with Gasteiger partial charge in [0.25, 0.3) is 0 Å². The Labute approximate surface area is 161 Å². The molecule has 146 valence electrons. The van der Waals surface area contributed by atoms with Crippen molar-refractivity contribution in [3.8, 4) is 0 Å². The lowest BCUT2D eigenvalue weighted by Gasteiger charge is -2.12. The van der Waals surface area contributed by atoms with E-state index in [-0.39, 0.29) is 5.91 Å². The summed E-state index contributed by atoms with van der Waals surface area (Å²) in [4.78, 5) is 16.4. The lowest BCUT2D eigenvalue weighted by molar-refractivity contribution is -0.116. The zero-order valence-corrected chi connectivity index (χ0v) is 16.2. The van der Waals surface area contributed by atoms with Crippen LogP contribution in [0.5, 0.6) is 0 Å². The van der Waals surface area contributed by atoms with Crippen molar-refractivity contribution in [2.75, 3.05) is 18.4 Å². The fourth-order valence-electron chi connectivity index (χ4n) is 2.59. The van der Waals surface area contributed by atoms with Crippen LogP contribution < -0.4 is 16.0 Å². The van der Waals surface area contributed by atoms with Gasteiger partial charge in [0.15, 0.2) is 5.96 Å². The van der Waals surface area contributed by atoms with E-state index in [2.05, 4.69) is 26.0 Å². The summed E-state index contributed by atoms with van der Waals surface area (Å²) in [5.41, 5.74) is 1.87. The Morgan fingerprint density at radius 1 is 1.22 bits per heavy atom.